The van der Waals surface area contributed by atoms with Crippen molar-refractivity contribution in [3.8, 4) is 17.6 Å². The van der Waals surface area contributed by atoms with Crippen LogP contribution in [0.15, 0.2) is 18.2 Å². The molecule has 0 bridgehead atoms. The van der Waals surface area contributed by atoms with Gasteiger partial charge in [0.15, 0.2) is 0 Å². The second-order valence-electron chi connectivity index (χ2n) is 3.23. The lowest BCUT2D eigenvalue weighted by Crippen LogP contribution is -2.05. The summed E-state index contributed by atoms with van der Waals surface area (Å²) in [6, 6.07) is 4.39. The average Bonchev–Trinajstić information content (AvgIpc) is 2.28. The molecule has 0 aliphatic heterocycles. The molecule has 86 valence electrons. The molecule has 1 N–H and O–H groups in total. The Balaban J connectivity index is 2.81. The van der Waals surface area contributed by atoms with E-state index in [9.17, 15) is 4.39 Å². The van der Waals surface area contributed by atoms with Gasteiger partial charge in [0, 0.05) is 13.0 Å². The highest BCUT2D eigenvalue weighted by Gasteiger charge is 2.01. The largest absolute Gasteiger partial charge is 0.493 e. The van der Waals surface area contributed by atoms with E-state index in [1.165, 1.54) is 12.1 Å². The van der Waals surface area contributed by atoms with E-state index in [-0.39, 0.29) is 5.82 Å². The molecule has 1 rings (SSSR count). The topological polar surface area (TPSA) is 21.3 Å². The van der Waals surface area contributed by atoms with Crippen molar-refractivity contribution in [2.75, 3.05) is 20.2 Å². The van der Waals surface area contributed by atoms with Crippen LogP contribution >= 0.6 is 0 Å². The quantitative estimate of drug-likeness (QED) is 0.621. The average molecular weight is 221 g/mol. The lowest BCUT2D eigenvalue weighted by molar-refractivity contribution is 0.338. The molecule has 0 saturated carbocycles. The molecule has 1 aromatic carbocycles. The molecule has 2 nitrogen and oxygen atoms in total. The summed E-state index contributed by atoms with van der Waals surface area (Å²) < 4.78 is 18.4. The molecule has 3 heteroatoms. The van der Waals surface area contributed by atoms with Gasteiger partial charge in [0.2, 0.25) is 0 Å². The molecule has 16 heavy (non-hydrogen) atoms. The van der Waals surface area contributed by atoms with Crippen molar-refractivity contribution in [1.29, 1.82) is 0 Å². The molecular formula is C13H16FNO. The summed E-state index contributed by atoms with van der Waals surface area (Å²) in [7, 11) is 1.87. The van der Waals surface area contributed by atoms with Gasteiger partial charge in [-0.05, 0) is 32.2 Å². The Bertz CT molecular complexity index is 393. The molecule has 0 spiro atoms. The number of halogens is 1. The van der Waals surface area contributed by atoms with Crippen LogP contribution in [0, 0.1) is 17.7 Å². The lowest BCUT2D eigenvalue weighted by Gasteiger charge is -2.05. The molecule has 0 aliphatic carbocycles. The molecule has 0 heterocycles. The third kappa shape index (κ3) is 3.92. The van der Waals surface area contributed by atoms with Crippen LogP contribution in [0.4, 0.5) is 4.39 Å². The van der Waals surface area contributed by atoms with Crippen molar-refractivity contribution >= 4 is 0 Å². The van der Waals surface area contributed by atoms with E-state index in [1.54, 1.807) is 6.07 Å². The van der Waals surface area contributed by atoms with Crippen molar-refractivity contribution in [3.63, 3.8) is 0 Å². The van der Waals surface area contributed by atoms with Crippen LogP contribution in [-0.4, -0.2) is 20.2 Å². The van der Waals surface area contributed by atoms with E-state index in [1.807, 2.05) is 14.0 Å². The van der Waals surface area contributed by atoms with Crippen LogP contribution in [-0.2, 0) is 0 Å². The maximum Gasteiger partial charge on any atom is 0.135 e. The normalized spacial score (nSPS) is 9.44. The first kappa shape index (κ1) is 12.5. The van der Waals surface area contributed by atoms with Gasteiger partial charge in [-0.25, -0.2) is 4.39 Å². The van der Waals surface area contributed by atoms with Gasteiger partial charge in [-0.2, -0.15) is 0 Å². The Morgan fingerprint density at radius 3 is 2.94 bits per heavy atom. The highest BCUT2D eigenvalue weighted by atomic mass is 19.1. The van der Waals surface area contributed by atoms with Crippen LogP contribution in [0.1, 0.15) is 18.9 Å². The molecule has 0 aliphatic rings. The van der Waals surface area contributed by atoms with Crippen LogP contribution in [0.3, 0.4) is 0 Å². The first-order valence-electron chi connectivity index (χ1n) is 5.33. The van der Waals surface area contributed by atoms with Crippen molar-refractivity contribution in [2.45, 2.75) is 13.3 Å². The molecule has 0 amide bonds. The Labute approximate surface area is 95.8 Å². The van der Waals surface area contributed by atoms with Crippen molar-refractivity contribution in [1.82, 2.24) is 5.32 Å². The van der Waals surface area contributed by atoms with Gasteiger partial charge in [0.25, 0.3) is 0 Å². The van der Waals surface area contributed by atoms with Crippen molar-refractivity contribution in [3.05, 3.63) is 29.6 Å². The smallest absolute Gasteiger partial charge is 0.135 e. The van der Waals surface area contributed by atoms with Gasteiger partial charge >= 0.3 is 0 Å². The molecule has 0 fully saturated rings. The van der Waals surface area contributed by atoms with Crippen molar-refractivity contribution < 1.29 is 9.13 Å². The maximum atomic E-state index is 13.0. The highest BCUT2D eigenvalue weighted by molar-refractivity contribution is 5.46. The Hall–Kier alpha value is -1.53. The molecular weight excluding hydrogens is 205 g/mol. The molecule has 0 saturated heterocycles. The van der Waals surface area contributed by atoms with Gasteiger partial charge in [0.05, 0.1) is 12.2 Å². The maximum absolute atomic E-state index is 13.0. The zero-order chi connectivity index (χ0) is 11.8. The molecule has 0 atom stereocenters. The zero-order valence-corrected chi connectivity index (χ0v) is 9.64. The van der Waals surface area contributed by atoms with Crippen LogP contribution in [0.2, 0.25) is 0 Å². The second-order valence-corrected chi connectivity index (χ2v) is 3.23. The Morgan fingerprint density at radius 1 is 1.44 bits per heavy atom. The minimum atomic E-state index is -0.290. The van der Waals surface area contributed by atoms with Crippen molar-refractivity contribution in [2.24, 2.45) is 0 Å². The summed E-state index contributed by atoms with van der Waals surface area (Å²) in [6.07, 6.45) is 0.735. The summed E-state index contributed by atoms with van der Waals surface area (Å²) in [4.78, 5) is 0. The van der Waals surface area contributed by atoms with E-state index >= 15 is 0 Å². The molecule has 0 unspecified atom stereocenters. The van der Waals surface area contributed by atoms with Gasteiger partial charge < -0.3 is 10.1 Å². The third-order valence-electron chi connectivity index (χ3n) is 1.96. The Kier molecular flexibility index (Phi) is 5.38. The van der Waals surface area contributed by atoms with Gasteiger partial charge in [-0.3, -0.25) is 0 Å². The van der Waals surface area contributed by atoms with Crippen LogP contribution in [0.25, 0.3) is 0 Å². The van der Waals surface area contributed by atoms with Crippen LogP contribution in [0.5, 0.6) is 5.75 Å². The van der Waals surface area contributed by atoms with Crippen LogP contribution < -0.4 is 10.1 Å². The lowest BCUT2D eigenvalue weighted by atomic mass is 10.2. The van der Waals surface area contributed by atoms with E-state index in [2.05, 4.69) is 17.2 Å². The summed E-state index contributed by atoms with van der Waals surface area (Å²) in [6.45, 7) is 3.27. The summed E-state index contributed by atoms with van der Waals surface area (Å²) in [5.74, 6) is 6.24. The zero-order valence-electron chi connectivity index (χ0n) is 9.64. The monoisotopic (exact) mass is 221 g/mol. The van der Waals surface area contributed by atoms with Gasteiger partial charge in [-0.1, -0.05) is 11.8 Å². The SMILES string of the molecule is CCOc1ccc(F)cc1C#CCCNC. The van der Waals surface area contributed by atoms with Gasteiger partial charge in [0.1, 0.15) is 11.6 Å². The van der Waals surface area contributed by atoms with E-state index < -0.39 is 0 Å². The summed E-state index contributed by atoms with van der Waals surface area (Å²) >= 11 is 0. The number of benzene rings is 1. The molecule has 1 aromatic rings. The first-order valence-corrected chi connectivity index (χ1v) is 5.33. The minimum Gasteiger partial charge on any atom is -0.493 e. The number of rotatable bonds is 4. The number of nitrogens with one attached hydrogen (secondary N) is 1. The fourth-order valence-corrected chi connectivity index (χ4v) is 1.23. The summed E-state index contributed by atoms with van der Waals surface area (Å²) in [5.41, 5.74) is 0.609. The Morgan fingerprint density at radius 2 is 2.25 bits per heavy atom. The predicted octanol–water partition coefficient (Wildman–Crippen LogP) is 2.19. The number of ether oxygens (including phenoxy) is 1. The molecule has 0 radical (unpaired) electrons. The highest BCUT2D eigenvalue weighted by Crippen LogP contribution is 2.18. The third-order valence-corrected chi connectivity index (χ3v) is 1.96. The predicted molar refractivity (Wildman–Crippen MR) is 63.0 cm³/mol. The summed E-state index contributed by atoms with van der Waals surface area (Å²) in [5, 5.41) is 3.00. The first-order chi connectivity index (χ1) is 7.77. The molecule has 0 aromatic heterocycles. The van der Waals surface area contributed by atoms with E-state index in [0.29, 0.717) is 17.9 Å². The fraction of sp³-hybridized carbons (Fsp3) is 0.385. The number of hydrogen-bond donors (Lipinski definition) is 1. The minimum absolute atomic E-state index is 0.290. The standard InChI is InChI=1S/C13H16FNO/c1-3-16-13-8-7-12(14)10-11(13)6-4-5-9-15-2/h7-8,10,15H,3,5,9H2,1-2H3. The van der Waals surface area contributed by atoms with E-state index in [0.717, 1.165) is 13.0 Å². The van der Waals surface area contributed by atoms with Gasteiger partial charge in [-0.15, -0.1) is 0 Å². The number of hydrogen-bond acceptors (Lipinski definition) is 2. The fourth-order valence-electron chi connectivity index (χ4n) is 1.23. The van der Waals surface area contributed by atoms with E-state index in [4.69, 9.17) is 4.74 Å². The second kappa shape index (κ2) is 6.86.